The predicted octanol–water partition coefficient (Wildman–Crippen LogP) is 4.61. The number of aromatic nitrogens is 2. The monoisotopic (exact) mass is 370 g/mol. The van der Waals surface area contributed by atoms with Crippen molar-refractivity contribution in [2.75, 3.05) is 7.11 Å². The fraction of sp³-hybridized carbons (Fsp3) is 0.375. The van der Waals surface area contributed by atoms with Gasteiger partial charge in [0.25, 0.3) is 0 Å². The molecule has 7 heteroatoms. The summed E-state index contributed by atoms with van der Waals surface area (Å²) in [5.41, 5.74) is 2.39. The van der Waals surface area contributed by atoms with E-state index in [1.165, 1.54) is 7.11 Å². The number of halogens is 2. The number of aryl methyl sites for hydroxylation is 1. The minimum Gasteiger partial charge on any atom is -0.465 e. The van der Waals surface area contributed by atoms with Gasteiger partial charge in [0.2, 0.25) is 0 Å². The summed E-state index contributed by atoms with van der Waals surface area (Å²) in [5, 5.41) is 5.66. The van der Waals surface area contributed by atoms with E-state index in [1.807, 2.05) is 16.8 Å². The lowest BCUT2D eigenvalue weighted by Gasteiger charge is -2.13. The Bertz CT molecular complexity index is 746. The Labute approximate surface area is 149 Å². The first kappa shape index (κ1) is 16.7. The molecule has 0 saturated heterocycles. The van der Waals surface area contributed by atoms with Gasteiger partial charge in [0.05, 0.1) is 28.5 Å². The molecule has 122 valence electrons. The third kappa shape index (κ3) is 3.52. The van der Waals surface area contributed by atoms with E-state index in [1.54, 1.807) is 17.8 Å². The molecule has 0 aliphatic carbocycles. The molecule has 0 bridgehead atoms. The first-order valence-corrected chi connectivity index (χ1v) is 9.09. The molecule has 1 aromatic heterocycles. The number of carbonyl (C=O) groups excluding carboxylic acids is 1. The number of esters is 1. The van der Waals surface area contributed by atoms with Crippen molar-refractivity contribution in [1.29, 1.82) is 0 Å². The maximum absolute atomic E-state index is 12.2. The number of nitrogens with zero attached hydrogens (tertiary/aromatic N) is 2. The van der Waals surface area contributed by atoms with E-state index in [0.29, 0.717) is 21.4 Å². The normalized spacial score (nSPS) is 13.7. The van der Waals surface area contributed by atoms with Crippen LogP contribution in [0, 0.1) is 0 Å². The molecule has 0 radical (unpaired) electrons. The van der Waals surface area contributed by atoms with Gasteiger partial charge in [-0.1, -0.05) is 23.2 Å². The van der Waals surface area contributed by atoms with Crippen LogP contribution >= 0.6 is 35.0 Å². The number of rotatable bonds is 4. The maximum Gasteiger partial charge on any atom is 0.341 e. The third-order valence-corrected chi connectivity index (χ3v) is 5.56. The summed E-state index contributed by atoms with van der Waals surface area (Å²) in [5.74, 6) is 0.278. The van der Waals surface area contributed by atoms with Crippen LogP contribution in [-0.4, -0.2) is 22.9 Å². The molecule has 0 unspecified atom stereocenters. The van der Waals surface area contributed by atoms with Crippen LogP contribution in [0.4, 0.5) is 0 Å². The van der Waals surface area contributed by atoms with Gasteiger partial charge in [-0.2, -0.15) is 5.10 Å². The van der Waals surface area contributed by atoms with E-state index in [9.17, 15) is 4.79 Å². The van der Waals surface area contributed by atoms with Gasteiger partial charge in [0.15, 0.2) is 0 Å². The second-order valence-corrected chi connectivity index (χ2v) is 7.17. The number of methoxy groups -OCH3 is 1. The highest BCUT2D eigenvalue weighted by Crippen LogP contribution is 2.31. The van der Waals surface area contributed by atoms with Crippen molar-refractivity contribution in [2.24, 2.45) is 0 Å². The second kappa shape index (κ2) is 7.16. The summed E-state index contributed by atoms with van der Waals surface area (Å²) >= 11 is 13.6. The Morgan fingerprint density at radius 1 is 1.35 bits per heavy atom. The van der Waals surface area contributed by atoms with Crippen molar-refractivity contribution < 1.29 is 9.53 Å². The zero-order valence-electron chi connectivity index (χ0n) is 12.6. The number of thioether (sulfide) groups is 1. The standard InChI is InChI=1S/C16H16Cl2N2O2S/c1-22-16(21)15-13(19-20-7-3-2-4-14(15)20)9-23-10-5-6-11(17)12(18)8-10/h5-6,8H,2-4,7,9H2,1H3. The van der Waals surface area contributed by atoms with Crippen molar-refractivity contribution in [3.05, 3.63) is 45.2 Å². The number of hydrogen-bond acceptors (Lipinski definition) is 4. The molecule has 1 aromatic carbocycles. The fourth-order valence-electron chi connectivity index (χ4n) is 2.70. The van der Waals surface area contributed by atoms with E-state index in [0.717, 1.165) is 42.1 Å². The van der Waals surface area contributed by atoms with Gasteiger partial charge in [-0.05, 0) is 37.5 Å². The number of fused-ring (bicyclic) bond motifs is 1. The highest BCUT2D eigenvalue weighted by Gasteiger charge is 2.25. The van der Waals surface area contributed by atoms with Crippen LogP contribution < -0.4 is 0 Å². The highest BCUT2D eigenvalue weighted by atomic mass is 35.5. The van der Waals surface area contributed by atoms with Crippen molar-refractivity contribution in [3.63, 3.8) is 0 Å². The van der Waals surface area contributed by atoms with Crippen molar-refractivity contribution >= 4 is 40.9 Å². The van der Waals surface area contributed by atoms with Crippen molar-refractivity contribution in [1.82, 2.24) is 9.78 Å². The molecule has 0 amide bonds. The summed E-state index contributed by atoms with van der Waals surface area (Å²) in [6.07, 6.45) is 3.04. The smallest absolute Gasteiger partial charge is 0.341 e. The Morgan fingerprint density at radius 2 is 2.17 bits per heavy atom. The molecule has 2 heterocycles. The lowest BCUT2D eigenvalue weighted by atomic mass is 10.1. The molecule has 1 aliphatic heterocycles. The first-order chi connectivity index (χ1) is 11.1. The van der Waals surface area contributed by atoms with E-state index in [2.05, 4.69) is 5.10 Å². The molecular weight excluding hydrogens is 355 g/mol. The van der Waals surface area contributed by atoms with E-state index >= 15 is 0 Å². The molecule has 4 nitrogen and oxygen atoms in total. The van der Waals surface area contributed by atoms with Crippen molar-refractivity contribution in [3.8, 4) is 0 Å². The molecule has 0 fully saturated rings. The summed E-state index contributed by atoms with van der Waals surface area (Å²) in [7, 11) is 1.41. The Balaban J connectivity index is 1.85. The molecule has 3 rings (SSSR count). The molecule has 2 aromatic rings. The van der Waals surface area contributed by atoms with Crippen molar-refractivity contribution in [2.45, 2.75) is 36.5 Å². The summed E-state index contributed by atoms with van der Waals surface area (Å²) in [6, 6.07) is 5.50. The van der Waals surface area contributed by atoms with Crippen LogP contribution in [0.15, 0.2) is 23.1 Å². The first-order valence-electron chi connectivity index (χ1n) is 7.35. The Hall–Kier alpha value is -1.17. The number of benzene rings is 1. The Morgan fingerprint density at radius 3 is 2.91 bits per heavy atom. The van der Waals surface area contributed by atoms with Gasteiger partial charge >= 0.3 is 5.97 Å². The molecule has 0 spiro atoms. The van der Waals surface area contributed by atoms with Gasteiger partial charge in [0.1, 0.15) is 5.56 Å². The zero-order valence-corrected chi connectivity index (χ0v) is 15.0. The van der Waals surface area contributed by atoms with Gasteiger partial charge < -0.3 is 4.74 Å². The van der Waals surface area contributed by atoms with Gasteiger partial charge in [-0.15, -0.1) is 11.8 Å². The average Bonchev–Trinajstić information content (AvgIpc) is 2.93. The lowest BCUT2D eigenvalue weighted by molar-refractivity contribution is 0.0598. The quantitative estimate of drug-likeness (QED) is 0.582. The summed E-state index contributed by atoms with van der Waals surface area (Å²) < 4.78 is 6.89. The van der Waals surface area contributed by atoms with Gasteiger partial charge in [-0.3, -0.25) is 4.68 Å². The molecule has 0 saturated carbocycles. The molecule has 0 atom stereocenters. The van der Waals surface area contributed by atoms with E-state index in [4.69, 9.17) is 27.9 Å². The number of hydrogen-bond donors (Lipinski definition) is 0. The summed E-state index contributed by atoms with van der Waals surface area (Å²) in [6.45, 7) is 0.858. The van der Waals surface area contributed by atoms with Crippen LogP contribution in [0.25, 0.3) is 0 Å². The zero-order chi connectivity index (χ0) is 16.4. The van der Waals surface area contributed by atoms with Crippen LogP contribution in [-0.2, 0) is 23.5 Å². The SMILES string of the molecule is COC(=O)c1c(CSc2ccc(Cl)c(Cl)c2)nn2c1CCCC2. The summed E-state index contributed by atoms with van der Waals surface area (Å²) in [4.78, 5) is 13.1. The lowest BCUT2D eigenvalue weighted by Crippen LogP contribution is -2.14. The number of ether oxygens (including phenoxy) is 1. The maximum atomic E-state index is 12.2. The van der Waals surface area contributed by atoms with Crippen LogP contribution in [0.1, 0.15) is 34.6 Å². The minimum atomic E-state index is -0.308. The van der Waals surface area contributed by atoms with Gasteiger partial charge in [-0.25, -0.2) is 4.79 Å². The largest absolute Gasteiger partial charge is 0.465 e. The molecule has 1 aliphatic rings. The van der Waals surface area contributed by atoms with Crippen LogP contribution in [0.3, 0.4) is 0 Å². The highest BCUT2D eigenvalue weighted by molar-refractivity contribution is 7.98. The van der Waals surface area contributed by atoms with Crippen LogP contribution in [0.5, 0.6) is 0 Å². The molecule has 0 N–H and O–H groups in total. The molecular formula is C16H16Cl2N2O2S. The average molecular weight is 371 g/mol. The second-order valence-electron chi connectivity index (χ2n) is 5.30. The Kier molecular flexibility index (Phi) is 5.19. The van der Waals surface area contributed by atoms with E-state index < -0.39 is 0 Å². The van der Waals surface area contributed by atoms with Crippen LogP contribution in [0.2, 0.25) is 10.0 Å². The predicted molar refractivity (Wildman–Crippen MR) is 92.5 cm³/mol. The molecule has 23 heavy (non-hydrogen) atoms. The fourth-order valence-corrected chi connectivity index (χ4v) is 3.94. The minimum absolute atomic E-state index is 0.308. The third-order valence-electron chi connectivity index (χ3n) is 3.82. The van der Waals surface area contributed by atoms with Gasteiger partial charge in [0, 0.05) is 17.2 Å². The number of carbonyl (C=O) groups is 1. The topological polar surface area (TPSA) is 44.1 Å². The van der Waals surface area contributed by atoms with E-state index in [-0.39, 0.29) is 5.97 Å².